The number of aromatic nitrogens is 2. The molecule has 16 heavy (non-hydrogen) atoms. The molecule has 5 heteroatoms. The van der Waals surface area contributed by atoms with Gasteiger partial charge in [0.05, 0.1) is 11.8 Å². The predicted molar refractivity (Wildman–Crippen MR) is 65.7 cm³/mol. The maximum atomic E-state index is 9.60. The normalized spacial score (nSPS) is 12.6. The van der Waals surface area contributed by atoms with Gasteiger partial charge in [0.25, 0.3) is 0 Å². The molecule has 0 saturated carbocycles. The second-order valence-electron chi connectivity index (χ2n) is 3.24. The van der Waals surface area contributed by atoms with Crippen molar-refractivity contribution in [2.24, 2.45) is 0 Å². The number of hydrogen-bond acceptors (Lipinski definition) is 5. The van der Waals surface area contributed by atoms with Gasteiger partial charge in [-0.2, -0.15) is 0 Å². The fourth-order valence-corrected chi connectivity index (χ4v) is 2.78. The lowest BCUT2D eigenvalue weighted by Gasteiger charge is -2.06. The zero-order chi connectivity index (χ0) is 11.4. The fourth-order valence-electron chi connectivity index (χ4n) is 1.22. The molecule has 2 heterocycles. The summed E-state index contributed by atoms with van der Waals surface area (Å²) in [5.74, 6) is 0. The largest absolute Gasteiger partial charge is 0.387 e. The molecule has 0 radical (unpaired) electrons. The summed E-state index contributed by atoms with van der Waals surface area (Å²) < 4.78 is 1.01. The zero-order valence-corrected chi connectivity index (χ0v) is 10.5. The topological polar surface area (TPSA) is 46.0 Å². The maximum Gasteiger partial charge on any atom is 0.154 e. The van der Waals surface area contributed by atoms with E-state index in [-0.39, 0.29) is 0 Å². The molecule has 2 aromatic heterocycles. The number of aliphatic hydroxyl groups is 1. The van der Waals surface area contributed by atoms with Gasteiger partial charge in [-0.3, -0.25) is 4.98 Å². The number of rotatable bonds is 4. The summed E-state index contributed by atoms with van der Waals surface area (Å²) >= 11 is 3.19. The quantitative estimate of drug-likeness (QED) is 0.908. The van der Waals surface area contributed by atoms with Crippen LogP contribution < -0.4 is 0 Å². The van der Waals surface area contributed by atoms with Crippen LogP contribution in [0.3, 0.4) is 0 Å². The molecule has 0 fully saturated rings. The summed E-state index contributed by atoms with van der Waals surface area (Å²) in [5, 5.41) is 11.5. The second-order valence-corrected chi connectivity index (χ2v) is 5.46. The molecule has 0 saturated heterocycles. The molecule has 1 atom stereocenters. The van der Waals surface area contributed by atoms with Crippen LogP contribution in [0.25, 0.3) is 0 Å². The highest BCUT2D eigenvalue weighted by Gasteiger charge is 2.06. The van der Waals surface area contributed by atoms with Crippen molar-refractivity contribution in [3.05, 3.63) is 35.6 Å². The monoisotopic (exact) mass is 252 g/mol. The van der Waals surface area contributed by atoms with Crippen LogP contribution in [0.15, 0.2) is 39.1 Å². The molecule has 0 amide bonds. The molecule has 0 aliphatic heterocycles. The Hall–Kier alpha value is -0.910. The SMILES string of the molecule is CC[C@@H](O)c1ccc(Sc2nccs2)cn1. The number of pyridine rings is 1. The molecular formula is C11H12N2OS2. The number of nitrogens with zero attached hydrogens (tertiary/aromatic N) is 2. The summed E-state index contributed by atoms with van der Waals surface area (Å²) in [6.45, 7) is 1.94. The summed E-state index contributed by atoms with van der Waals surface area (Å²) in [6, 6.07) is 3.83. The minimum atomic E-state index is -0.459. The second kappa shape index (κ2) is 5.43. The maximum absolute atomic E-state index is 9.60. The van der Waals surface area contributed by atoms with E-state index in [1.165, 1.54) is 0 Å². The van der Waals surface area contributed by atoms with E-state index in [1.54, 1.807) is 35.5 Å². The molecule has 1 N–H and O–H groups in total. The molecule has 2 aromatic rings. The van der Waals surface area contributed by atoms with Crippen LogP contribution in [0.1, 0.15) is 25.1 Å². The van der Waals surface area contributed by atoms with Crippen molar-refractivity contribution in [3.8, 4) is 0 Å². The average Bonchev–Trinajstić information content (AvgIpc) is 2.82. The van der Waals surface area contributed by atoms with Crippen molar-refractivity contribution in [1.29, 1.82) is 0 Å². The minimum absolute atomic E-state index is 0.459. The Labute approximate surface area is 103 Å². The summed E-state index contributed by atoms with van der Waals surface area (Å²) in [5.41, 5.74) is 0.728. The van der Waals surface area contributed by atoms with Crippen molar-refractivity contribution in [2.75, 3.05) is 0 Å². The third-order valence-electron chi connectivity index (χ3n) is 2.10. The lowest BCUT2D eigenvalue weighted by molar-refractivity contribution is 0.169. The van der Waals surface area contributed by atoms with E-state index in [0.717, 1.165) is 14.9 Å². The fraction of sp³-hybridized carbons (Fsp3) is 0.273. The predicted octanol–water partition coefficient (Wildman–Crippen LogP) is 3.13. The molecule has 0 aliphatic carbocycles. The molecule has 0 unspecified atom stereocenters. The Morgan fingerprint density at radius 1 is 1.44 bits per heavy atom. The van der Waals surface area contributed by atoms with E-state index in [0.29, 0.717) is 6.42 Å². The van der Waals surface area contributed by atoms with Gasteiger partial charge in [0.1, 0.15) is 0 Å². The number of hydrogen-bond donors (Lipinski definition) is 1. The Kier molecular flexibility index (Phi) is 3.93. The standard InChI is InChI=1S/C11H12N2OS2/c1-2-10(14)9-4-3-8(7-13-9)16-11-12-5-6-15-11/h3-7,10,14H,2H2,1H3/t10-/m1/s1. The lowest BCUT2D eigenvalue weighted by Crippen LogP contribution is -1.97. The van der Waals surface area contributed by atoms with Gasteiger partial charge in [0.15, 0.2) is 4.34 Å². The van der Waals surface area contributed by atoms with E-state index in [1.807, 2.05) is 24.4 Å². The molecule has 3 nitrogen and oxygen atoms in total. The number of aliphatic hydroxyl groups excluding tert-OH is 1. The lowest BCUT2D eigenvalue weighted by atomic mass is 10.2. The Morgan fingerprint density at radius 2 is 2.31 bits per heavy atom. The van der Waals surface area contributed by atoms with Crippen LogP contribution in [0.5, 0.6) is 0 Å². The molecule has 0 aliphatic rings. The van der Waals surface area contributed by atoms with Gasteiger partial charge in [-0.15, -0.1) is 11.3 Å². The van der Waals surface area contributed by atoms with Gasteiger partial charge >= 0.3 is 0 Å². The van der Waals surface area contributed by atoms with Crippen molar-refractivity contribution >= 4 is 23.1 Å². The van der Waals surface area contributed by atoms with Crippen LogP contribution in [-0.4, -0.2) is 15.1 Å². The van der Waals surface area contributed by atoms with Gasteiger partial charge in [0.2, 0.25) is 0 Å². The van der Waals surface area contributed by atoms with Crippen LogP contribution >= 0.6 is 23.1 Å². The average molecular weight is 252 g/mol. The third-order valence-corrected chi connectivity index (χ3v) is 3.96. The zero-order valence-electron chi connectivity index (χ0n) is 8.83. The van der Waals surface area contributed by atoms with Crippen LogP contribution in [-0.2, 0) is 0 Å². The van der Waals surface area contributed by atoms with Crippen LogP contribution in [0.4, 0.5) is 0 Å². The van der Waals surface area contributed by atoms with Crippen molar-refractivity contribution < 1.29 is 5.11 Å². The Morgan fingerprint density at radius 3 is 2.88 bits per heavy atom. The van der Waals surface area contributed by atoms with Crippen molar-refractivity contribution in [2.45, 2.75) is 28.7 Å². The summed E-state index contributed by atoms with van der Waals surface area (Å²) in [4.78, 5) is 9.47. The van der Waals surface area contributed by atoms with Gasteiger partial charge < -0.3 is 5.11 Å². The summed E-state index contributed by atoms with van der Waals surface area (Å²) in [7, 11) is 0. The minimum Gasteiger partial charge on any atom is -0.387 e. The van der Waals surface area contributed by atoms with Gasteiger partial charge in [-0.05, 0) is 18.6 Å². The van der Waals surface area contributed by atoms with E-state index < -0.39 is 6.10 Å². The van der Waals surface area contributed by atoms with Gasteiger partial charge in [0, 0.05) is 22.7 Å². The third kappa shape index (κ3) is 2.81. The molecule has 2 rings (SSSR count). The highest BCUT2D eigenvalue weighted by atomic mass is 32.2. The molecular weight excluding hydrogens is 240 g/mol. The Bertz CT molecular complexity index is 428. The van der Waals surface area contributed by atoms with Crippen molar-refractivity contribution in [1.82, 2.24) is 9.97 Å². The highest BCUT2D eigenvalue weighted by Crippen LogP contribution is 2.29. The smallest absolute Gasteiger partial charge is 0.154 e. The van der Waals surface area contributed by atoms with Gasteiger partial charge in [-0.1, -0.05) is 18.7 Å². The molecule has 0 bridgehead atoms. The first-order valence-electron chi connectivity index (χ1n) is 5.01. The van der Waals surface area contributed by atoms with Crippen LogP contribution in [0, 0.1) is 0 Å². The highest BCUT2D eigenvalue weighted by molar-refractivity contribution is 8.01. The van der Waals surface area contributed by atoms with Gasteiger partial charge in [-0.25, -0.2) is 4.98 Å². The summed E-state index contributed by atoms with van der Waals surface area (Å²) in [6.07, 6.45) is 3.79. The van der Waals surface area contributed by atoms with E-state index in [4.69, 9.17) is 0 Å². The van der Waals surface area contributed by atoms with Crippen LogP contribution in [0.2, 0.25) is 0 Å². The van der Waals surface area contributed by atoms with E-state index in [9.17, 15) is 5.11 Å². The van der Waals surface area contributed by atoms with E-state index >= 15 is 0 Å². The first-order valence-corrected chi connectivity index (χ1v) is 6.70. The first kappa shape index (κ1) is 11.6. The molecule has 84 valence electrons. The molecule has 0 spiro atoms. The van der Waals surface area contributed by atoms with Crippen molar-refractivity contribution in [3.63, 3.8) is 0 Å². The Balaban J connectivity index is 2.07. The number of thiazole rings is 1. The molecule has 0 aromatic carbocycles. The van der Waals surface area contributed by atoms with E-state index in [2.05, 4.69) is 9.97 Å². The first-order chi connectivity index (χ1) is 7.79.